The lowest BCUT2D eigenvalue weighted by Gasteiger charge is -2.36. The molecule has 0 aromatic heterocycles. The first-order valence-corrected chi connectivity index (χ1v) is 5.43. The highest BCUT2D eigenvalue weighted by Gasteiger charge is 2.28. The van der Waals surface area contributed by atoms with Crippen LogP contribution >= 0.6 is 0 Å². The van der Waals surface area contributed by atoms with Crippen LogP contribution in [0.1, 0.15) is 19.3 Å². The van der Waals surface area contributed by atoms with Gasteiger partial charge in [0.1, 0.15) is 0 Å². The summed E-state index contributed by atoms with van der Waals surface area (Å²) in [7, 11) is 0. The number of hydrogen-bond donors (Lipinski definition) is 2. The number of carbonyl (C=O) groups excluding carboxylic acids is 1. The molecule has 1 aliphatic rings. The number of aliphatic carboxylic acids is 1. The molecule has 0 saturated carbocycles. The minimum atomic E-state index is -0.778. The summed E-state index contributed by atoms with van der Waals surface area (Å²) in [6.45, 7) is 4.90. The van der Waals surface area contributed by atoms with Gasteiger partial charge in [-0.2, -0.15) is 0 Å². The third-order valence-corrected chi connectivity index (χ3v) is 3.15. The minimum Gasteiger partial charge on any atom is -0.481 e. The second kappa shape index (κ2) is 5.53. The molecule has 5 heteroatoms. The lowest BCUT2D eigenvalue weighted by atomic mass is 9.82. The number of carbonyl (C=O) groups is 2. The van der Waals surface area contributed by atoms with Gasteiger partial charge in [0.15, 0.2) is 0 Å². The average Bonchev–Trinajstić information content (AvgIpc) is 2.25. The fraction of sp³-hybridized carbons (Fsp3) is 0.636. The summed E-state index contributed by atoms with van der Waals surface area (Å²) in [5.41, 5.74) is 5.21. The van der Waals surface area contributed by atoms with Crippen LogP contribution in [-0.4, -0.2) is 35.1 Å². The van der Waals surface area contributed by atoms with Crippen molar-refractivity contribution in [3.8, 4) is 0 Å². The zero-order chi connectivity index (χ0) is 12.1. The second-order valence-electron chi connectivity index (χ2n) is 4.16. The first-order valence-electron chi connectivity index (χ1n) is 5.43. The summed E-state index contributed by atoms with van der Waals surface area (Å²) in [6.07, 6.45) is 3.40. The van der Waals surface area contributed by atoms with Crippen molar-refractivity contribution in [2.45, 2.75) is 19.3 Å². The molecule has 0 spiro atoms. The quantitative estimate of drug-likeness (QED) is 0.703. The summed E-state index contributed by atoms with van der Waals surface area (Å²) in [5, 5.41) is 8.63. The molecule has 1 rings (SSSR count). The standard InChI is InChI=1S/C11H18N2O3/c1-2-8-7-13(11(12)16)6-5-9(8)3-4-10(14)15/h2,8-9H,1,3-7H2,(H2,12,16)(H,14,15)/t8-,9+/m0/s1. The van der Waals surface area contributed by atoms with Crippen LogP contribution in [0.15, 0.2) is 12.7 Å². The van der Waals surface area contributed by atoms with Crippen molar-refractivity contribution in [2.24, 2.45) is 17.6 Å². The van der Waals surface area contributed by atoms with Crippen LogP contribution in [-0.2, 0) is 4.79 Å². The molecule has 0 radical (unpaired) electrons. The second-order valence-corrected chi connectivity index (χ2v) is 4.16. The summed E-state index contributed by atoms with van der Waals surface area (Å²) < 4.78 is 0. The van der Waals surface area contributed by atoms with Gasteiger partial charge < -0.3 is 15.7 Å². The Morgan fingerprint density at radius 3 is 2.75 bits per heavy atom. The topological polar surface area (TPSA) is 83.6 Å². The molecular weight excluding hydrogens is 208 g/mol. The first kappa shape index (κ1) is 12.5. The van der Waals surface area contributed by atoms with Gasteiger partial charge in [0.25, 0.3) is 0 Å². The number of carboxylic acid groups (broad SMARTS) is 1. The molecule has 90 valence electrons. The van der Waals surface area contributed by atoms with Gasteiger partial charge in [-0.25, -0.2) is 4.79 Å². The van der Waals surface area contributed by atoms with E-state index in [9.17, 15) is 9.59 Å². The minimum absolute atomic E-state index is 0.153. The molecule has 1 fully saturated rings. The maximum atomic E-state index is 11.0. The molecule has 0 aromatic carbocycles. The molecule has 5 nitrogen and oxygen atoms in total. The van der Waals surface area contributed by atoms with Crippen molar-refractivity contribution in [2.75, 3.05) is 13.1 Å². The number of amides is 2. The van der Waals surface area contributed by atoms with Gasteiger partial charge in [0, 0.05) is 19.5 Å². The predicted octanol–water partition coefficient (Wildman–Crippen LogP) is 1.05. The number of piperidine rings is 1. The van der Waals surface area contributed by atoms with Crippen LogP contribution in [0.4, 0.5) is 4.79 Å². The average molecular weight is 226 g/mol. The van der Waals surface area contributed by atoms with E-state index < -0.39 is 12.0 Å². The predicted molar refractivity (Wildman–Crippen MR) is 59.8 cm³/mol. The zero-order valence-corrected chi connectivity index (χ0v) is 9.26. The van der Waals surface area contributed by atoms with Crippen molar-refractivity contribution in [3.63, 3.8) is 0 Å². The number of nitrogens with two attached hydrogens (primary N) is 1. The monoisotopic (exact) mass is 226 g/mol. The Balaban J connectivity index is 2.51. The Bertz CT molecular complexity index is 291. The summed E-state index contributed by atoms with van der Waals surface area (Å²) >= 11 is 0. The number of primary amides is 1. The Kier molecular flexibility index (Phi) is 4.34. The lowest BCUT2D eigenvalue weighted by Crippen LogP contribution is -2.45. The van der Waals surface area contributed by atoms with Gasteiger partial charge in [-0.3, -0.25) is 4.79 Å². The van der Waals surface area contributed by atoms with Crippen LogP contribution < -0.4 is 5.73 Å². The number of rotatable bonds is 4. The smallest absolute Gasteiger partial charge is 0.314 e. The third-order valence-electron chi connectivity index (χ3n) is 3.15. The molecule has 0 aliphatic carbocycles. The molecule has 2 atom stereocenters. The summed E-state index contributed by atoms with van der Waals surface area (Å²) in [5.74, 6) is -0.329. The van der Waals surface area contributed by atoms with Gasteiger partial charge in [0.2, 0.25) is 0 Å². The zero-order valence-electron chi connectivity index (χ0n) is 9.26. The number of carboxylic acids is 1. The number of likely N-dealkylation sites (tertiary alicyclic amines) is 1. The van der Waals surface area contributed by atoms with Gasteiger partial charge in [0.05, 0.1) is 0 Å². The van der Waals surface area contributed by atoms with Crippen molar-refractivity contribution < 1.29 is 14.7 Å². The van der Waals surface area contributed by atoms with Gasteiger partial charge in [-0.1, -0.05) is 6.08 Å². The Hall–Kier alpha value is -1.52. The van der Waals surface area contributed by atoms with Crippen molar-refractivity contribution in [1.82, 2.24) is 4.90 Å². The first-order chi connectivity index (χ1) is 7.54. The molecule has 16 heavy (non-hydrogen) atoms. The van der Waals surface area contributed by atoms with Crippen LogP contribution in [0.2, 0.25) is 0 Å². The molecule has 2 amide bonds. The Morgan fingerprint density at radius 2 is 2.25 bits per heavy atom. The number of nitrogens with zero attached hydrogens (tertiary/aromatic N) is 1. The van der Waals surface area contributed by atoms with Gasteiger partial charge in [-0.15, -0.1) is 6.58 Å². The van der Waals surface area contributed by atoms with E-state index in [0.29, 0.717) is 25.4 Å². The van der Waals surface area contributed by atoms with Crippen molar-refractivity contribution in [3.05, 3.63) is 12.7 Å². The van der Waals surface area contributed by atoms with Crippen LogP contribution in [0.5, 0.6) is 0 Å². The largest absolute Gasteiger partial charge is 0.481 e. The summed E-state index contributed by atoms with van der Waals surface area (Å²) in [4.78, 5) is 23.1. The highest BCUT2D eigenvalue weighted by atomic mass is 16.4. The molecular formula is C11H18N2O3. The SMILES string of the molecule is C=C[C@H]1CN(C(N)=O)CC[C@H]1CCC(=O)O. The lowest BCUT2D eigenvalue weighted by molar-refractivity contribution is -0.137. The van der Waals surface area contributed by atoms with E-state index in [4.69, 9.17) is 10.8 Å². The van der Waals surface area contributed by atoms with Gasteiger partial charge >= 0.3 is 12.0 Å². The molecule has 0 unspecified atom stereocenters. The normalized spacial score (nSPS) is 25.1. The van der Waals surface area contributed by atoms with E-state index in [1.807, 2.05) is 0 Å². The molecule has 1 saturated heterocycles. The highest BCUT2D eigenvalue weighted by Crippen LogP contribution is 2.28. The summed E-state index contributed by atoms with van der Waals surface area (Å²) in [6, 6.07) is -0.413. The highest BCUT2D eigenvalue weighted by molar-refractivity contribution is 5.72. The molecule has 3 N–H and O–H groups in total. The van der Waals surface area contributed by atoms with Crippen molar-refractivity contribution in [1.29, 1.82) is 0 Å². The van der Waals surface area contributed by atoms with Gasteiger partial charge in [-0.05, 0) is 24.7 Å². The van der Waals surface area contributed by atoms with E-state index in [0.717, 1.165) is 6.42 Å². The van der Waals surface area contributed by atoms with Crippen LogP contribution in [0, 0.1) is 11.8 Å². The van der Waals surface area contributed by atoms with E-state index in [2.05, 4.69) is 6.58 Å². The molecule has 1 aliphatic heterocycles. The maximum absolute atomic E-state index is 11.0. The van der Waals surface area contributed by atoms with E-state index in [-0.39, 0.29) is 12.3 Å². The maximum Gasteiger partial charge on any atom is 0.314 e. The van der Waals surface area contributed by atoms with Crippen LogP contribution in [0.25, 0.3) is 0 Å². The molecule has 1 heterocycles. The van der Waals surface area contributed by atoms with E-state index in [1.165, 1.54) is 0 Å². The fourth-order valence-electron chi connectivity index (χ4n) is 2.17. The van der Waals surface area contributed by atoms with E-state index in [1.54, 1.807) is 11.0 Å². The number of urea groups is 1. The van der Waals surface area contributed by atoms with E-state index >= 15 is 0 Å². The Morgan fingerprint density at radius 1 is 1.56 bits per heavy atom. The third kappa shape index (κ3) is 3.25. The van der Waals surface area contributed by atoms with Crippen molar-refractivity contribution >= 4 is 12.0 Å². The Labute approximate surface area is 94.9 Å². The molecule has 0 aromatic rings. The molecule has 0 bridgehead atoms. The van der Waals surface area contributed by atoms with Crippen LogP contribution in [0.3, 0.4) is 0 Å². The number of hydrogen-bond acceptors (Lipinski definition) is 2. The fourth-order valence-corrected chi connectivity index (χ4v) is 2.17.